The minimum absolute atomic E-state index is 0.00123. The van der Waals surface area contributed by atoms with Gasteiger partial charge in [0.25, 0.3) is 5.56 Å². The Kier molecular flexibility index (Phi) is 6.81. The maximum atomic E-state index is 13.4. The number of carboxylic acids is 1. The third-order valence-electron chi connectivity index (χ3n) is 6.81. The van der Waals surface area contributed by atoms with Gasteiger partial charge in [0.15, 0.2) is 0 Å². The number of benzene rings is 1. The fourth-order valence-electron chi connectivity index (χ4n) is 4.79. The van der Waals surface area contributed by atoms with Crippen LogP contribution in [0.15, 0.2) is 59.9 Å². The molecule has 2 bridgehead atoms. The van der Waals surface area contributed by atoms with Crippen molar-refractivity contribution in [1.29, 1.82) is 0 Å². The topological polar surface area (TPSA) is 132 Å². The number of aromatic carboxylic acids is 1. The van der Waals surface area contributed by atoms with Gasteiger partial charge in [-0.15, -0.1) is 0 Å². The summed E-state index contributed by atoms with van der Waals surface area (Å²) in [6, 6.07) is 8.94. The number of aryl methyl sites for hydroxylation is 1. The molecule has 0 fully saturated rings. The standard InChI is InChI=1S/C27H25ClN6O4/c1-15-4-3-5-23(21-10-16(8-9-29-21)25-22(32-26(15)36)13-31-33(25)2)34-14-30-20(12-24(34)35)19-11-17(28)6-7-18(19)27(37)38/h6-15,23H,3-5H2,1-2H3,(H,32,36)(H,37,38). The molecule has 0 spiro atoms. The summed E-state index contributed by atoms with van der Waals surface area (Å²) in [5, 5.41) is 17.2. The molecule has 194 valence electrons. The Balaban J connectivity index is 1.61. The zero-order valence-electron chi connectivity index (χ0n) is 20.8. The summed E-state index contributed by atoms with van der Waals surface area (Å²) in [6.45, 7) is 1.87. The first-order valence-electron chi connectivity index (χ1n) is 12.1. The van der Waals surface area contributed by atoms with Crippen LogP contribution in [0.2, 0.25) is 5.02 Å². The van der Waals surface area contributed by atoms with Crippen molar-refractivity contribution in [2.75, 3.05) is 5.32 Å². The lowest BCUT2D eigenvalue weighted by molar-refractivity contribution is -0.119. The highest BCUT2D eigenvalue weighted by atomic mass is 35.5. The number of carboxylic acid groups (broad SMARTS) is 1. The number of carbonyl (C=O) groups excluding carboxylic acids is 1. The van der Waals surface area contributed by atoms with E-state index in [1.54, 1.807) is 24.1 Å². The number of pyridine rings is 1. The van der Waals surface area contributed by atoms with E-state index in [2.05, 4.69) is 20.4 Å². The predicted octanol–water partition coefficient (Wildman–Crippen LogP) is 4.41. The monoisotopic (exact) mass is 532 g/mol. The van der Waals surface area contributed by atoms with E-state index in [4.69, 9.17) is 11.6 Å². The van der Waals surface area contributed by atoms with Crippen molar-refractivity contribution >= 4 is 29.2 Å². The molecule has 4 heterocycles. The molecule has 1 amide bonds. The minimum Gasteiger partial charge on any atom is -0.478 e. The smallest absolute Gasteiger partial charge is 0.336 e. The second-order valence-electron chi connectivity index (χ2n) is 9.35. The first-order valence-corrected chi connectivity index (χ1v) is 12.5. The van der Waals surface area contributed by atoms with Crippen molar-refractivity contribution in [3.63, 3.8) is 0 Å². The number of halogens is 1. The first-order chi connectivity index (χ1) is 18.2. The summed E-state index contributed by atoms with van der Waals surface area (Å²) in [5.41, 5.74) is 2.92. The predicted molar refractivity (Wildman–Crippen MR) is 142 cm³/mol. The number of fused-ring (bicyclic) bond motifs is 4. The minimum atomic E-state index is -1.14. The molecule has 10 nitrogen and oxygen atoms in total. The molecule has 1 aliphatic rings. The van der Waals surface area contributed by atoms with Crippen molar-refractivity contribution < 1.29 is 14.7 Å². The highest BCUT2D eigenvalue weighted by molar-refractivity contribution is 6.31. The van der Waals surface area contributed by atoms with Crippen LogP contribution in [0.4, 0.5) is 5.69 Å². The largest absolute Gasteiger partial charge is 0.478 e. The van der Waals surface area contributed by atoms with Crippen LogP contribution in [-0.4, -0.2) is 41.3 Å². The highest BCUT2D eigenvalue weighted by Crippen LogP contribution is 2.32. The van der Waals surface area contributed by atoms with E-state index in [0.717, 1.165) is 11.3 Å². The Morgan fingerprint density at radius 2 is 1.95 bits per heavy atom. The number of amides is 1. The average molecular weight is 533 g/mol. The van der Waals surface area contributed by atoms with Gasteiger partial charge in [0.2, 0.25) is 5.91 Å². The van der Waals surface area contributed by atoms with Crippen LogP contribution in [0.5, 0.6) is 0 Å². The van der Waals surface area contributed by atoms with E-state index >= 15 is 0 Å². The normalized spacial score (nSPS) is 17.6. The molecule has 1 aliphatic heterocycles. The van der Waals surface area contributed by atoms with Gasteiger partial charge in [-0.3, -0.25) is 23.8 Å². The number of hydrogen-bond donors (Lipinski definition) is 2. The molecular formula is C27H25ClN6O4. The fraction of sp³-hybridized carbons (Fsp3) is 0.259. The van der Waals surface area contributed by atoms with Crippen LogP contribution in [0.3, 0.4) is 0 Å². The number of nitrogens with zero attached hydrogens (tertiary/aromatic N) is 5. The molecule has 0 saturated heterocycles. The van der Waals surface area contributed by atoms with Gasteiger partial charge in [0.05, 0.1) is 46.9 Å². The van der Waals surface area contributed by atoms with Crippen molar-refractivity contribution in [3.8, 4) is 22.5 Å². The van der Waals surface area contributed by atoms with Crippen LogP contribution in [0, 0.1) is 5.92 Å². The van der Waals surface area contributed by atoms with Gasteiger partial charge in [-0.1, -0.05) is 24.9 Å². The molecule has 1 aromatic carbocycles. The molecule has 11 heteroatoms. The molecule has 38 heavy (non-hydrogen) atoms. The molecule has 2 N–H and O–H groups in total. The second kappa shape index (κ2) is 10.2. The lowest BCUT2D eigenvalue weighted by Crippen LogP contribution is -2.27. The maximum Gasteiger partial charge on any atom is 0.336 e. The zero-order chi connectivity index (χ0) is 27.0. The zero-order valence-corrected chi connectivity index (χ0v) is 21.5. The Bertz CT molecular complexity index is 1610. The van der Waals surface area contributed by atoms with Crippen LogP contribution in [0.1, 0.15) is 48.3 Å². The van der Waals surface area contributed by atoms with Crippen LogP contribution >= 0.6 is 11.6 Å². The SMILES string of the molecule is CC1CCCC(n2cnc(-c3cc(Cl)ccc3C(=O)O)cc2=O)c2cc(ccn2)-c2c(cnn2C)NC1=O. The van der Waals surface area contributed by atoms with Crippen molar-refractivity contribution in [2.45, 2.75) is 32.2 Å². The van der Waals surface area contributed by atoms with Crippen molar-refractivity contribution in [3.05, 3.63) is 81.8 Å². The molecule has 2 atom stereocenters. The van der Waals surface area contributed by atoms with Crippen molar-refractivity contribution in [2.24, 2.45) is 13.0 Å². The summed E-state index contributed by atoms with van der Waals surface area (Å²) < 4.78 is 3.19. The van der Waals surface area contributed by atoms with E-state index in [1.807, 2.05) is 19.1 Å². The molecule has 2 unspecified atom stereocenters. The lowest BCUT2D eigenvalue weighted by Gasteiger charge is -2.22. The third-order valence-corrected chi connectivity index (χ3v) is 7.05. The Hall–Kier alpha value is -4.31. The summed E-state index contributed by atoms with van der Waals surface area (Å²) in [5.74, 6) is -1.48. The Morgan fingerprint density at radius 3 is 2.71 bits per heavy atom. The van der Waals surface area contributed by atoms with Gasteiger partial charge in [0, 0.05) is 41.4 Å². The van der Waals surface area contributed by atoms with E-state index in [1.165, 1.54) is 35.2 Å². The first kappa shape index (κ1) is 25.3. The quantitative estimate of drug-likeness (QED) is 0.399. The lowest BCUT2D eigenvalue weighted by atomic mass is 9.97. The molecular weight excluding hydrogens is 508 g/mol. The number of hydrogen-bond acceptors (Lipinski definition) is 6. The fourth-order valence-corrected chi connectivity index (χ4v) is 4.96. The number of rotatable bonds is 3. The van der Waals surface area contributed by atoms with E-state index in [0.29, 0.717) is 35.7 Å². The Morgan fingerprint density at radius 1 is 1.13 bits per heavy atom. The second-order valence-corrected chi connectivity index (χ2v) is 9.79. The highest BCUT2D eigenvalue weighted by Gasteiger charge is 2.24. The maximum absolute atomic E-state index is 13.4. The van der Waals surface area contributed by atoms with E-state index in [-0.39, 0.29) is 34.2 Å². The molecule has 0 aliphatic carbocycles. The Labute approximate surface area is 222 Å². The third kappa shape index (κ3) is 4.82. The number of anilines is 1. The number of nitrogens with one attached hydrogen (secondary N) is 1. The molecule has 3 aromatic heterocycles. The van der Waals surface area contributed by atoms with Gasteiger partial charge in [-0.2, -0.15) is 5.10 Å². The molecule has 5 rings (SSSR count). The van der Waals surface area contributed by atoms with Crippen LogP contribution in [0.25, 0.3) is 22.5 Å². The van der Waals surface area contributed by atoms with Gasteiger partial charge in [0.1, 0.15) is 0 Å². The number of carbonyl (C=O) groups is 2. The molecule has 0 radical (unpaired) electrons. The average Bonchev–Trinajstić information content (AvgIpc) is 3.25. The van der Waals surface area contributed by atoms with Crippen LogP contribution < -0.4 is 10.9 Å². The van der Waals surface area contributed by atoms with Crippen LogP contribution in [-0.2, 0) is 11.8 Å². The molecule has 0 saturated carbocycles. The summed E-state index contributed by atoms with van der Waals surface area (Å²) in [7, 11) is 1.80. The van der Waals surface area contributed by atoms with Gasteiger partial charge < -0.3 is 10.4 Å². The summed E-state index contributed by atoms with van der Waals surface area (Å²) in [4.78, 5) is 47.0. The van der Waals surface area contributed by atoms with E-state index < -0.39 is 12.0 Å². The number of aromatic nitrogens is 5. The summed E-state index contributed by atoms with van der Waals surface area (Å²) in [6.07, 6.45) is 6.53. The van der Waals surface area contributed by atoms with Crippen molar-refractivity contribution in [1.82, 2.24) is 24.3 Å². The van der Waals surface area contributed by atoms with E-state index in [9.17, 15) is 19.5 Å². The van der Waals surface area contributed by atoms with Gasteiger partial charge in [-0.05, 0) is 43.2 Å². The summed E-state index contributed by atoms with van der Waals surface area (Å²) >= 11 is 6.10. The molecule has 4 aromatic rings. The van der Waals surface area contributed by atoms with Gasteiger partial charge in [-0.25, -0.2) is 9.78 Å². The van der Waals surface area contributed by atoms with Gasteiger partial charge >= 0.3 is 5.97 Å².